The van der Waals surface area contributed by atoms with Gasteiger partial charge in [0.15, 0.2) is 11.5 Å². The fourth-order valence-electron chi connectivity index (χ4n) is 5.30. The maximum Gasteiger partial charge on any atom is 0.243 e. The Hall–Kier alpha value is -3.80. The zero-order valence-electron chi connectivity index (χ0n) is 22.0. The average molecular weight is 513 g/mol. The Morgan fingerprint density at radius 1 is 0.895 bits per heavy atom. The number of fused-ring (bicyclic) bond motifs is 1. The van der Waals surface area contributed by atoms with Crippen molar-refractivity contribution in [2.45, 2.75) is 70.5 Å². The minimum atomic E-state index is -0.594. The monoisotopic (exact) mass is 512 g/mol. The minimum Gasteiger partial charge on any atom is -0.454 e. The molecule has 1 saturated carbocycles. The first-order valence-corrected chi connectivity index (χ1v) is 13.6. The van der Waals surface area contributed by atoms with Crippen molar-refractivity contribution in [3.05, 3.63) is 95.1 Å². The predicted molar refractivity (Wildman–Crippen MR) is 147 cm³/mol. The van der Waals surface area contributed by atoms with Gasteiger partial charge >= 0.3 is 0 Å². The maximum atomic E-state index is 13.9. The Bertz CT molecular complexity index is 1240. The normalized spacial score (nSPS) is 15.3. The lowest BCUT2D eigenvalue weighted by molar-refractivity contribution is -0.141. The molecule has 2 amide bonds. The number of benzene rings is 3. The summed E-state index contributed by atoms with van der Waals surface area (Å²) in [4.78, 5) is 29.4. The first-order chi connectivity index (χ1) is 18.5. The number of aryl methyl sites for hydroxylation is 2. The number of ether oxygens (including phenoxy) is 2. The van der Waals surface area contributed by atoms with Crippen LogP contribution < -0.4 is 14.8 Å². The number of carbonyl (C=O) groups excluding carboxylic acids is 2. The van der Waals surface area contributed by atoms with Crippen LogP contribution in [0.25, 0.3) is 0 Å². The third-order valence-electron chi connectivity index (χ3n) is 7.51. The Labute approximate surface area is 225 Å². The maximum absolute atomic E-state index is 13.9. The van der Waals surface area contributed by atoms with E-state index in [0.29, 0.717) is 31.6 Å². The third kappa shape index (κ3) is 6.55. The van der Waals surface area contributed by atoms with Crippen LogP contribution in [0.2, 0.25) is 0 Å². The first kappa shape index (κ1) is 25.8. The van der Waals surface area contributed by atoms with Gasteiger partial charge in [-0.1, -0.05) is 79.1 Å². The van der Waals surface area contributed by atoms with Crippen LogP contribution in [0.15, 0.2) is 72.8 Å². The molecule has 0 spiro atoms. The number of amides is 2. The van der Waals surface area contributed by atoms with Crippen LogP contribution in [0.4, 0.5) is 0 Å². The second-order valence-corrected chi connectivity index (χ2v) is 10.4. The molecule has 1 heterocycles. The molecule has 198 valence electrons. The van der Waals surface area contributed by atoms with E-state index in [9.17, 15) is 9.59 Å². The molecule has 3 aromatic carbocycles. The van der Waals surface area contributed by atoms with Crippen LogP contribution in [0.1, 0.15) is 54.4 Å². The highest BCUT2D eigenvalue weighted by Gasteiger charge is 2.32. The molecule has 0 bridgehead atoms. The van der Waals surface area contributed by atoms with Gasteiger partial charge in [-0.2, -0.15) is 0 Å². The molecule has 0 unspecified atom stereocenters. The van der Waals surface area contributed by atoms with Gasteiger partial charge in [0.1, 0.15) is 6.04 Å². The van der Waals surface area contributed by atoms with Crippen molar-refractivity contribution in [3.8, 4) is 11.5 Å². The number of nitrogens with zero attached hydrogens (tertiary/aromatic N) is 1. The molecular weight excluding hydrogens is 476 g/mol. The third-order valence-corrected chi connectivity index (χ3v) is 7.51. The molecule has 2 aliphatic rings. The second kappa shape index (κ2) is 12.2. The smallest absolute Gasteiger partial charge is 0.243 e. The van der Waals surface area contributed by atoms with Gasteiger partial charge in [-0.25, -0.2) is 0 Å². The summed E-state index contributed by atoms with van der Waals surface area (Å²) >= 11 is 0. The second-order valence-electron chi connectivity index (χ2n) is 10.4. The summed E-state index contributed by atoms with van der Waals surface area (Å²) in [7, 11) is 0. The molecule has 1 fully saturated rings. The van der Waals surface area contributed by atoms with E-state index in [1.54, 1.807) is 4.90 Å². The van der Waals surface area contributed by atoms with Gasteiger partial charge in [0.2, 0.25) is 18.6 Å². The van der Waals surface area contributed by atoms with Gasteiger partial charge in [-0.3, -0.25) is 9.59 Å². The highest BCUT2D eigenvalue weighted by Crippen LogP contribution is 2.33. The first-order valence-electron chi connectivity index (χ1n) is 13.6. The lowest BCUT2D eigenvalue weighted by Crippen LogP contribution is -2.52. The van der Waals surface area contributed by atoms with Crippen LogP contribution >= 0.6 is 0 Å². The highest BCUT2D eigenvalue weighted by atomic mass is 16.7. The van der Waals surface area contributed by atoms with E-state index in [2.05, 4.69) is 17.4 Å². The standard InChI is InChI=1S/C32H36N2O4/c1-23-11-13-26(14-12-23)21-34(31(35)18-16-25-15-17-29-30(20-25)38-22-37-29)28(19-24-7-3-2-4-8-24)32(36)33-27-9-5-6-10-27/h2-4,7-8,11-15,17,20,27-28H,5-6,9-10,16,18-19,21-22H2,1H3,(H,33,36)/t28-/m0/s1. The number of nitrogens with one attached hydrogen (secondary N) is 1. The van der Waals surface area contributed by atoms with Gasteiger partial charge in [0, 0.05) is 25.4 Å². The van der Waals surface area contributed by atoms with Crippen LogP contribution in [0.3, 0.4) is 0 Å². The molecule has 0 saturated heterocycles. The molecule has 5 rings (SSSR count). The summed E-state index contributed by atoms with van der Waals surface area (Å²) in [5.41, 5.74) is 4.22. The number of hydrogen-bond acceptors (Lipinski definition) is 4. The van der Waals surface area contributed by atoms with Crippen LogP contribution in [-0.4, -0.2) is 35.6 Å². The van der Waals surface area contributed by atoms with E-state index in [0.717, 1.165) is 53.7 Å². The zero-order chi connectivity index (χ0) is 26.3. The summed E-state index contributed by atoms with van der Waals surface area (Å²) in [6, 6.07) is 23.6. The van der Waals surface area contributed by atoms with Crippen molar-refractivity contribution in [2.75, 3.05) is 6.79 Å². The van der Waals surface area contributed by atoms with E-state index in [4.69, 9.17) is 9.47 Å². The number of hydrogen-bond donors (Lipinski definition) is 1. The fourth-order valence-corrected chi connectivity index (χ4v) is 5.30. The van der Waals surface area contributed by atoms with E-state index in [1.807, 2.05) is 67.6 Å². The van der Waals surface area contributed by atoms with E-state index in [-0.39, 0.29) is 24.6 Å². The quantitative estimate of drug-likeness (QED) is 0.397. The van der Waals surface area contributed by atoms with Crippen molar-refractivity contribution in [1.82, 2.24) is 10.2 Å². The number of rotatable bonds is 10. The summed E-state index contributed by atoms with van der Waals surface area (Å²) in [6.07, 6.45) is 5.60. The topological polar surface area (TPSA) is 67.9 Å². The van der Waals surface area contributed by atoms with Gasteiger partial charge < -0.3 is 19.7 Å². The van der Waals surface area contributed by atoms with Crippen molar-refractivity contribution in [2.24, 2.45) is 0 Å². The van der Waals surface area contributed by atoms with Crippen molar-refractivity contribution >= 4 is 11.8 Å². The minimum absolute atomic E-state index is 0.0363. The van der Waals surface area contributed by atoms with Gasteiger partial charge in [-0.15, -0.1) is 0 Å². The molecule has 0 aromatic heterocycles. The van der Waals surface area contributed by atoms with Gasteiger partial charge in [0.05, 0.1) is 0 Å². The SMILES string of the molecule is Cc1ccc(CN(C(=O)CCc2ccc3c(c2)OCO3)[C@@H](Cc2ccccc2)C(=O)NC2CCCC2)cc1. The molecular formula is C32H36N2O4. The zero-order valence-corrected chi connectivity index (χ0v) is 22.0. The van der Waals surface area contributed by atoms with Gasteiger partial charge in [-0.05, 0) is 55.0 Å². The molecule has 3 aromatic rings. The van der Waals surface area contributed by atoms with E-state index in [1.165, 1.54) is 0 Å². The summed E-state index contributed by atoms with van der Waals surface area (Å²) in [6.45, 7) is 2.65. The van der Waals surface area contributed by atoms with Crippen molar-refractivity contribution in [1.29, 1.82) is 0 Å². The predicted octanol–water partition coefficient (Wildman–Crippen LogP) is 5.36. The van der Waals surface area contributed by atoms with Gasteiger partial charge in [0.25, 0.3) is 0 Å². The fraction of sp³-hybridized carbons (Fsp3) is 0.375. The molecule has 38 heavy (non-hydrogen) atoms. The Kier molecular flexibility index (Phi) is 8.27. The Morgan fingerprint density at radius 2 is 1.61 bits per heavy atom. The summed E-state index contributed by atoms with van der Waals surface area (Å²) < 4.78 is 10.9. The molecule has 0 radical (unpaired) electrons. The van der Waals surface area contributed by atoms with Crippen LogP contribution in [-0.2, 0) is 29.0 Å². The highest BCUT2D eigenvalue weighted by molar-refractivity contribution is 5.88. The Morgan fingerprint density at radius 3 is 2.37 bits per heavy atom. The largest absolute Gasteiger partial charge is 0.454 e. The molecule has 1 aliphatic heterocycles. The molecule has 1 N–H and O–H groups in total. The molecule has 6 nitrogen and oxygen atoms in total. The number of carbonyl (C=O) groups is 2. The molecule has 1 atom stereocenters. The molecule has 1 aliphatic carbocycles. The van der Waals surface area contributed by atoms with Crippen LogP contribution in [0, 0.1) is 6.92 Å². The lowest BCUT2D eigenvalue weighted by Gasteiger charge is -2.32. The van der Waals surface area contributed by atoms with E-state index < -0.39 is 6.04 Å². The Balaban J connectivity index is 1.39. The van der Waals surface area contributed by atoms with Crippen molar-refractivity contribution in [3.63, 3.8) is 0 Å². The average Bonchev–Trinajstić information content (AvgIpc) is 3.62. The van der Waals surface area contributed by atoms with E-state index >= 15 is 0 Å². The lowest BCUT2D eigenvalue weighted by atomic mass is 10.0. The summed E-state index contributed by atoms with van der Waals surface area (Å²) in [5.74, 6) is 1.34. The van der Waals surface area contributed by atoms with Crippen LogP contribution in [0.5, 0.6) is 11.5 Å². The molecule has 6 heteroatoms. The van der Waals surface area contributed by atoms with Crippen molar-refractivity contribution < 1.29 is 19.1 Å². The summed E-state index contributed by atoms with van der Waals surface area (Å²) in [5, 5.41) is 3.27.